The molecular weight excluding hydrogens is 202 g/mol. The minimum absolute atomic E-state index is 0.204. The highest BCUT2D eigenvalue weighted by atomic mass is 32.1. The SMILES string of the molecule is Cc1nnsc1CN(C)CC(O)CO. The fraction of sp³-hybridized carbons (Fsp3) is 0.750. The van der Waals surface area contributed by atoms with Gasteiger partial charge in [0.05, 0.1) is 23.3 Å². The largest absolute Gasteiger partial charge is 0.394 e. The van der Waals surface area contributed by atoms with E-state index < -0.39 is 6.10 Å². The first-order valence-electron chi connectivity index (χ1n) is 4.38. The number of aromatic nitrogens is 2. The van der Waals surface area contributed by atoms with Gasteiger partial charge in [-0.25, -0.2) is 0 Å². The third-order valence-electron chi connectivity index (χ3n) is 1.89. The quantitative estimate of drug-likeness (QED) is 0.704. The lowest BCUT2D eigenvalue weighted by molar-refractivity contribution is 0.0650. The molecule has 2 N–H and O–H groups in total. The van der Waals surface area contributed by atoms with E-state index in [1.165, 1.54) is 11.5 Å². The second-order valence-corrected chi connectivity index (χ2v) is 4.15. The number of aryl methyl sites for hydroxylation is 1. The summed E-state index contributed by atoms with van der Waals surface area (Å²) < 4.78 is 3.83. The fourth-order valence-electron chi connectivity index (χ4n) is 1.12. The molecule has 0 saturated carbocycles. The summed E-state index contributed by atoms with van der Waals surface area (Å²) in [6.45, 7) is 2.87. The molecule has 0 aliphatic carbocycles. The van der Waals surface area contributed by atoms with Crippen molar-refractivity contribution in [1.82, 2.24) is 14.5 Å². The van der Waals surface area contributed by atoms with Crippen molar-refractivity contribution in [3.63, 3.8) is 0 Å². The summed E-state index contributed by atoms with van der Waals surface area (Å²) in [4.78, 5) is 3.03. The Bertz CT molecular complexity index is 279. The average Bonchev–Trinajstić information content (AvgIpc) is 2.51. The zero-order valence-electron chi connectivity index (χ0n) is 8.34. The Hall–Kier alpha value is -0.560. The van der Waals surface area contributed by atoms with E-state index >= 15 is 0 Å². The van der Waals surface area contributed by atoms with Gasteiger partial charge in [0, 0.05) is 13.1 Å². The molecule has 1 aromatic heterocycles. The van der Waals surface area contributed by atoms with Gasteiger partial charge in [-0.1, -0.05) is 4.49 Å². The standard InChI is InChI=1S/C8H15N3O2S/c1-6-8(14-10-9-6)4-11(2)3-7(13)5-12/h7,12-13H,3-5H2,1-2H3. The molecular formula is C8H15N3O2S. The Balaban J connectivity index is 2.41. The molecule has 0 amide bonds. The van der Waals surface area contributed by atoms with Gasteiger partial charge in [-0.15, -0.1) is 5.10 Å². The molecule has 1 unspecified atom stereocenters. The van der Waals surface area contributed by atoms with Gasteiger partial charge < -0.3 is 10.2 Å². The van der Waals surface area contributed by atoms with Crippen LogP contribution < -0.4 is 0 Å². The third kappa shape index (κ3) is 3.30. The van der Waals surface area contributed by atoms with Crippen molar-refractivity contribution in [3.8, 4) is 0 Å². The molecule has 0 saturated heterocycles. The highest BCUT2D eigenvalue weighted by Crippen LogP contribution is 2.11. The Kier molecular flexibility index (Phi) is 4.40. The summed E-state index contributed by atoms with van der Waals surface area (Å²) >= 11 is 1.37. The first-order valence-corrected chi connectivity index (χ1v) is 5.16. The maximum atomic E-state index is 9.21. The number of aliphatic hydroxyl groups is 2. The van der Waals surface area contributed by atoms with Crippen LogP contribution in [0.15, 0.2) is 0 Å². The van der Waals surface area contributed by atoms with Crippen molar-refractivity contribution in [2.45, 2.75) is 19.6 Å². The summed E-state index contributed by atoms with van der Waals surface area (Å²) in [6.07, 6.45) is -0.679. The molecule has 1 aromatic rings. The van der Waals surface area contributed by atoms with Crippen LogP contribution in [0.1, 0.15) is 10.6 Å². The molecule has 0 spiro atoms. The Morgan fingerprint density at radius 1 is 1.57 bits per heavy atom. The highest BCUT2D eigenvalue weighted by Gasteiger charge is 2.10. The second kappa shape index (κ2) is 5.35. The van der Waals surface area contributed by atoms with E-state index in [-0.39, 0.29) is 6.61 Å². The van der Waals surface area contributed by atoms with Crippen LogP contribution in [-0.2, 0) is 6.54 Å². The summed E-state index contributed by atoms with van der Waals surface area (Å²) in [5, 5.41) is 21.8. The first-order chi connectivity index (χ1) is 6.63. The molecule has 5 nitrogen and oxygen atoms in total. The fourth-order valence-corrected chi connectivity index (χ4v) is 1.84. The number of rotatable bonds is 5. The van der Waals surface area contributed by atoms with Crippen LogP contribution in [0, 0.1) is 6.92 Å². The minimum Gasteiger partial charge on any atom is -0.394 e. The molecule has 0 aliphatic heterocycles. The summed E-state index contributed by atoms with van der Waals surface area (Å²) in [5.41, 5.74) is 0.931. The van der Waals surface area contributed by atoms with Crippen molar-refractivity contribution in [2.75, 3.05) is 20.2 Å². The second-order valence-electron chi connectivity index (χ2n) is 3.31. The van der Waals surface area contributed by atoms with E-state index in [9.17, 15) is 5.11 Å². The van der Waals surface area contributed by atoms with Crippen LogP contribution in [-0.4, -0.2) is 51.0 Å². The third-order valence-corrected chi connectivity index (χ3v) is 2.70. The van der Waals surface area contributed by atoms with Crippen LogP contribution in [0.2, 0.25) is 0 Å². The molecule has 1 atom stereocenters. The van der Waals surface area contributed by atoms with Crippen molar-refractivity contribution in [3.05, 3.63) is 10.6 Å². The smallest absolute Gasteiger partial charge is 0.0897 e. The molecule has 0 bridgehead atoms. The van der Waals surface area contributed by atoms with E-state index in [1.54, 1.807) is 0 Å². The topological polar surface area (TPSA) is 69.5 Å². The van der Waals surface area contributed by atoms with Gasteiger partial charge in [0.25, 0.3) is 0 Å². The maximum Gasteiger partial charge on any atom is 0.0897 e. The Morgan fingerprint density at radius 3 is 2.79 bits per heavy atom. The first kappa shape index (κ1) is 11.5. The van der Waals surface area contributed by atoms with Gasteiger partial charge in [-0.3, -0.25) is 4.90 Å². The van der Waals surface area contributed by atoms with Crippen molar-refractivity contribution in [1.29, 1.82) is 0 Å². The zero-order valence-corrected chi connectivity index (χ0v) is 9.16. The summed E-state index contributed by atoms with van der Waals surface area (Å²) in [5.74, 6) is 0. The lowest BCUT2D eigenvalue weighted by atomic mass is 10.3. The van der Waals surface area contributed by atoms with Gasteiger partial charge in [0.1, 0.15) is 0 Å². The van der Waals surface area contributed by atoms with E-state index in [4.69, 9.17) is 5.11 Å². The summed E-state index contributed by atoms with van der Waals surface area (Å²) in [6, 6.07) is 0. The minimum atomic E-state index is -0.679. The molecule has 1 heterocycles. The lowest BCUT2D eigenvalue weighted by Crippen LogP contribution is -2.30. The molecule has 0 aliphatic rings. The van der Waals surface area contributed by atoms with E-state index in [2.05, 4.69) is 9.59 Å². The maximum absolute atomic E-state index is 9.21. The van der Waals surface area contributed by atoms with Crippen LogP contribution in [0.3, 0.4) is 0 Å². The Morgan fingerprint density at radius 2 is 2.29 bits per heavy atom. The molecule has 1 rings (SSSR count). The van der Waals surface area contributed by atoms with Gasteiger partial charge in [-0.2, -0.15) is 0 Å². The Labute approximate surface area is 87.2 Å². The van der Waals surface area contributed by atoms with Gasteiger partial charge in [-0.05, 0) is 25.5 Å². The zero-order chi connectivity index (χ0) is 10.6. The molecule has 80 valence electrons. The average molecular weight is 217 g/mol. The number of hydrogen-bond acceptors (Lipinski definition) is 6. The lowest BCUT2D eigenvalue weighted by Gasteiger charge is -2.18. The molecule has 0 radical (unpaired) electrons. The van der Waals surface area contributed by atoms with E-state index in [0.29, 0.717) is 13.1 Å². The molecule has 0 aromatic carbocycles. The van der Waals surface area contributed by atoms with Crippen LogP contribution in [0.25, 0.3) is 0 Å². The van der Waals surface area contributed by atoms with Gasteiger partial charge in [0.2, 0.25) is 0 Å². The molecule has 14 heavy (non-hydrogen) atoms. The molecule has 6 heteroatoms. The highest BCUT2D eigenvalue weighted by molar-refractivity contribution is 7.05. The van der Waals surface area contributed by atoms with Gasteiger partial charge in [0.15, 0.2) is 0 Å². The normalized spacial score (nSPS) is 13.5. The van der Waals surface area contributed by atoms with Crippen LogP contribution in [0.5, 0.6) is 0 Å². The van der Waals surface area contributed by atoms with Crippen molar-refractivity contribution in [2.24, 2.45) is 0 Å². The van der Waals surface area contributed by atoms with Gasteiger partial charge >= 0.3 is 0 Å². The van der Waals surface area contributed by atoms with Crippen molar-refractivity contribution < 1.29 is 10.2 Å². The van der Waals surface area contributed by atoms with E-state index in [1.807, 2.05) is 18.9 Å². The number of likely N-dealkylation sites (N-methyl/N-ethyl adjacent to an activating group) is 1. The molecule has 0 fully saturated rings. The van der Waals surface area contributed by atoms with Crippen LogP contribution >= 0.6 is 11.5 Å². The number of nitrogens with zero attached hydrogens (tertiary/aromatic N) is 3. The summed E-state index contributed by atoms with van der Waals surface area (Å²) in [7, 11) is 1.89. The van der Waals surface area contributed by atoms with E-state index in [0.717, 1.165) is 10.6 Å². The number of hydrogen-bond donors (Lipinski definition) is 2. The predicted octanol–water partition coefficient (Wildman–Crippen LogP) is -0.368. The monoisotopic (exact) mass is 217 g/mol. The van der Waals surface area contributed by atoms with Crippen LogP contribution in [0.4, 0.5) is 0 Å². The van der Waals surface area contributed by atoms with Crippen molar-refractivity contribution >= 4 is 11.5 Å². The predicted molar refractivity (Wildman–Crippen MR) is 54.1 cm³/mol. The number of aliphatic hydroxyl groups excluding tert-OH is 2.